The van der Waals surface area contributed by atoms with Crippen molar-refractivity contribution in [3.8, 4) is 0 Å². The number of nitrogens with one attached hydrogen (secondary N) is 1. The molecule has 3 heterocycles. The Kier molecular flexibility index (Phi) is 12.0. The number of fused-ring (bicyclic) bond motifs is 1. The number of amides is 1. The van der Waals surface area contributed by atoms with Crippen LogP contribution in [0.4, 0.5) is 10.1 Å². The number of benzene rings is 2. The first kappa shape index (κ1) is 38.3. The lowest BCUT2D eigenvalue weighted by Gasteiger charge is -2.49. The zero-order valence-corrected chi connectivity index (χ0v) is 31.1. The molecule has 1 aliphatic carbocycles. The summed E-state index contributed by atoms with van der Waals surface area (Å²) >= 11 is 6.63. The summed E-state index contributed by atoms with van der Waals surface area (Å²) in [4.78, 5) is 44.5. The maximum absolute atomic E-state index is 16.0. The Labute approximate surface area is 308 Å². The van der Waals surface area contributed by atoms with Crippen LogP contribution < -0.4 is 5.32 Å². The average molecular weight is 761 g/mol. The summed E-state index contributed by atoms with van der Waals surface area (Å²) in [6.45, 7) is 4.28. The van der Waals surface area contributed by atoms with Crippen LogP contribution in [0.1, 0.15) is 67.8 Å². The van der Waals surface area contributed by atoms with Gasteiger partial charge >= 0.3 is 5.97 Å². The molecule has 3 fully saturated rings. The molecule has 2 aromatic carbocycles. The van der Waals surface area contributed by atoms with Crippen molar-refractivity contribution in [2.24, 2.45) is 5.92 Å². The normalized spacial score (nSPS) is 22.2. The van der Waals surface area contributed by atoms with Gasteiger partial charge in [0.15, 0.2) is 5.78 Å². The van der Waals surface area contributed by atoms with E-state index in [0.29, 0.717) is 75.9 Å². The smallest absolute Gasteiger partial charge is 0.308 e. The average Bonchev–Trinajstić information content (AvgIpc) is 3.74. The maximum Gasteiger partial charge on any atom is 0.308 e. The standard InChI is InChI=1S/C37H46ClFN4O8S/c1-3-49-36(46)25-11-13-27(14-12-25)51-37(41-15-6-7-16-41,42-17-8-18-43(20-19-42)52(2,47)48)34(44)22-26-21-30(38)32(23-31(26)39)40-35(45)29-24-50-33-10-5-4-9-28(29)33/h4-5,9-10,21,23-25,27H,3,6-8,11-20,22H2,1-2H3,(H,40,45). The molecule has 12 nitrogen and oxygen atoms in total. The Morgan fingerprint density at radius 2 is 1.67 bits per heavy atom. The van der Waals surface area contributed by atoms with Gasteiger partial charge in [-0.25, -0.2) is 17.1 Å². The molecular weight excluding hydrogens is 715 g/mol. The lowest BCUT2D eigenvalue weighted by atomic mass is 9.87. The van der Waals surface area contributed by atoms with E-state index in [9.17, 15) is 22.8 Å². The van der Waals surface area contributed by atoms with E-state index in [-0.39, 0.29) is 59.3 Å². The van der Waals surface area contributed by atoms with Gasteiger partial charge in [0.2, 0.25) is 15.9 Å². The van der Waals surface area contributed by atoms with Gasteiger partial charge in [0.1, 0.15) is 17.7 Å². The molecule has 3 aromatic rings. The number of anilines is 1. The molecule has 1 amide bonds. The van der Waals surface area contributed by atoms with Crippen LogP contribution in [0.3, 0.4) is 0 Å². The summed E-state index contributed by atoms with van der Waals surface area (Å²) in [5, 5.41) is 3.31. The SMILES string of the molecule is CCOC(=O)C1CCC(OC(C(=O)Cc2cc(Cl)c(NC(=O)c3coc4ccccc34)cc2F)(N2CCCC2)N2CCCN(S(C)(=O)=O)CC2)CC1. The zero-order valence-electron chi connectivity index (χ0n) is 29.6. The van der Waals surface area contributed by atoms with Crippen molar-refractivity contribution >= 4 is 55.9 Å². The fraction of sp³-hybridized carbons (Fsp3) is 0.541. The zero-order chi connectivity index (χ0) is 37.0. The Morgan fingerprint density at radius 1 is 0.981 bits per heavy atom. The van der Waals surface area contributed by atoms with Crippen LogP contribution in [0.2, 0.25) is 5.02 Å². The number of esters is 1. The number of hydrogen-bond acceptors (Lipinski definition) is 10. The summed E-state index contributed by atoms with van der Waals surface area (Å²) in [7, 11) is -3.48. The quantitative estimate of drug-likeness (QED) is 0.238. The number of ketones is 1. The first-order chi connectivity index (χ1) is 24.9. The van der Waals surface area contributed by atoms with Crippen LogP contribution in [0.15, 0.2) is 47.1 Å². The van der Waals surface area contributed by atoms with E-state index < -0.39 is 33.4 Å². The van der Waals surface area contributed by atoms with E-state index in [0.717, 1.165) is 18.9 Å². The molecule has 1 atom stereocenters. The van der Waals surface area contributed by atoms with Crippen LogP contribution in [-0.4, -0.2) is 104 Å². The molecule has 0 radical (unpaired) electrons. The molecule has 3 aliphatic rings. The summed E-state index contributed by atoms with van der Waals surface area (Å²) < 4.78 is 60.2. The Bertz CT molecular complexity index is 1890. The maximum atomic E-state index is 16.0. The first-order valence-electron chi connectivity index (χ1n) is 18.0. The van der Waals surface area contributed by atoms with Crippen molar-refractivity contribution in [2.75, 3.05) is 57.4 Å². The highest BCUT2D eigenvalue weighted by molar-refractivity contribution is 7.88. The molecule has 0 spiro atoms. The van der Waals surface area contributed by atoms with Crippen LogP contribution in [-0.2, 0) is 35.5 Å². The molecule has 282 valence electrons. The Balaban J connectivity index is 1.29. The summed E-state index contributed by atoms with van der Waals surface area (Å²) in [5.41, 5.74) is 0.872. The number of carbonyl (C=O) groups excluding carboxylic acids is 3. The van der Waals surface area contributed by atoms with Crippen LogP contribution >= 0.6 is 11.6 Å². The summed E-state index contributed by atoms with van der Waals surface area (Å²) in [6, 6.07) is 9.51. The van der Waals surface area contributed by atoms with Gasteiger partial charge < -0.3 is 19.2 Å². The number of ether oxygens (including phenoxy) is 2. The van der Waals surface area contributed by atoms with E-state index in [2.05, 4.69) is 5.32 Å². The first-order valence-corrected chi connectivity index (χ1v) is 20.2. The fourth-order valence-corrected chi connectivity index (χ4v) is 8.78. The van der Waals surface area contributed by atoms with Crippen LogP contribution in [0.5, 0.6) is 0 Å². The number of sulfonamides is 1. The minimum Gasteiger partial charge on any atom is -0.466 e. The van der Waals surface area contributed by atoms with Gasteiger partial charge in [0.25, 0.3) is 5.91 Å². The lowest BCUT2D eigenvalue weighted by Crippen LogP contribution is -2.68. The van der Waals surface area contributed by atoms with Gasteiger partial charge in [-0.05, 0) is 75.6 Å². The number of hydrogen-bond donors (Lipinski definition) is 1. The molecule has 1 saturated carbocycles. The highest BCUT2D eigenvalue weighted by atomic mass is 35.5. The molecule has 15 heteroatoms. The molecule has 6 rings (SSSR count). The predicted octanol–water partition coefficient (Wildman–Crippen LogP) is 5.44. The molecule has 0 bridgehead atoms. The topological polar surface area (TPSA) is 139 Å². The van der Waals surface area contributed by atoms with Crippen molar-refractivity contribution < 1.29 is 41.1 Å². The number of halogens is 2. The second kappa shape index (κ2) is 16.3. The largest absolute Gasteiger partial charge is 0.466 e. The van der Waals surface area contributed by atoms with Crippen LogP contribution in [0, 0.1) is 11.7 Å². The molecule has 1 aromatic heterocycles. The van der Waals surface area contributed by atoms with E-state index in [1.54, 1.807) is 31.2 Å². The molecular formula is C37H46ClFN4O8S. The van der Waals surface area contributed by atoms with E-state index in [1.165, 1.54) is 22.9 Å². The Morgan fingerprint density at radius 3 is 2.38 bits per heavy atom. The number of para-hydroxylation sites is 1. The molecule has 2 aliphatic heterocycles. The van der Waals surface area contributed by atoms with Gasteiger partial charge in [0, 0.05) is 51.1 Å². The van der Waals surface area contributed by atoms with Gasteiger partial charge in [0.05, 0.1) is 41.2 Å². The van der Waals surface area contributed by atoms with Gasteiger partial charge in [-0.2, -0.15) is 0 Å². The van der Waals surface area contributed by atoms with Crippen molar-refractivity contribution in [3.05, 3.63) is 64.6 Å². The predicted molar refractivity (Wildman–Crippen MR) is 194 cm³/mol. The number of furan rings is 1. The van der Waals surface area contributed by atoms with Crippen molar-refractivity contribution in [3.63, 3.8) is 0 Å². The number of rotatable bonds is 12. The van der Waals surface area contributed by atoms with E-state index >= 15 is 4.39 Å². The van der Waals surface area contributed by atoms with Gasteiger partial charge in [-0.3, -0.25) is 24.2 Å². The fourth-order valence-electron chi connectivity index (χ4n) is 7.68. The molecule has 1 N–H and O–H groups in total. The monoisotopic (exact) mass is 760 g/mol. The summed E-state index contributed by atoms with van der Waals surface area (Å²) in [5.74, 6) is -3.75. The minimum atomic E-state index is -3.48. The second-order valence-corrected chi connectivity index (χ2v) is 16.2. The van der Waals surface area contributed by atoms with Crippen molar-refractivity contribution in [2.45, 2.75) is 70.2 Å². The van der Waals surface area contributed by atoms with Crippen LogP contribution in [0.25, 0.3) is 11.0 Å². The van der Waals surface area contributed by atoms with E-state index in [1.807, 2.05) is 9.80 Å². The number of Topliss-reactive ketones (excluding diaryl/α,β-unsaturated/α-hetero) is 1. The third-order valence-electron chi connectivity index (χ3n) is 10.3. The van der Waals surface area contributed by atoms with Crippen molar-refractivity contribution in [1.82, 2.24) is 14.1 Å². The number of likely N-dealkylation sites (tertiary alicyclic amines) is 1. The third-order valence-corrected chi connectivity index (χ3v) is 12.0. The summed E-state index contributed by atoms with van der Waals surface area (Å²) in [6.07, 6.45) is 6.02. The minimum absolute atomic E-state index is 0.0348. The second-order valence-electron chi connectivity index (χ2n) is 13.8. The lowest BCUT2D eigenvalue weighted by molar-refractivity contribution is -0.255. The highest BCUT2D eigenvalue weighted by Crippen LogP contribution is 2.37. The highest BCUT2D eigenvalue weighted by Gasteiger charge is 2.53. The molecule has 2 saturated heterocycles. The number of carbonyl (C=O) groups is 3. The molecule has 1 unspecified atom stereocenters. The molecule has 52 heavy (non-hydrogen) atoms. The van der Waals surface area contributed by atoms with Gasteiger partial charge in [-0.1, -0.05) is 29.8 Å². The van der Waals surface area contributed by atoms with E-state index in [4.69, 9.17) is 25.5 Å². The third kappa shape index (κ3) is 8.22. The Hall–Kier alpha value is -3.40. The van der Waals surface area contributed by atoms with Gasteiger partial charge in [-0.15, -0.1) is 0 Å². The van der Waals surface area contributed by atoms with Crippen molar-refractivity contribution in [1.29, 1.82) is 0 Å². The number of nitrogens with zero attached hydrogens (tertiary/aromatic N) is 3.